The molecule has 1 heterocycles. The van der Waals surface area contributed by atoms with Crippen molar-refractivity contribution < 1.29 is 14.7 Å². The molecule has 1 rings (SSSR count). The van der Waals surface area contributed by atoms with E-state index in [0.29, 0.717) is 13.0 Å². The fourth-order valence-electron chi connectivity index (χ4n) is 1.54. The normalized spacial score (nSPS) is 27.2. The maximum absolute atomic E-state index is 11.0. The maximum Gasteiger partial charge on any atom is 0.325 e. The maximum atomic E-state index is 11.0. The SMILES string of the molecule is C=CC(=O)NN1CCC[C@@]1(C)C(=O)O. The van der Waals surface area contributed by atoms with Gasteiger partial charge in [0.2, 0.25) is 0 Å². The van der Waals surface area contributed by atoms with Crippen LogP contribution in [0.15, 0.2) is 12.7 Å². The monoisotopic (exact) mass is 198 g/mol. The zero-order chi connectivity index (χ0) is 10.8. The van der Waals surface area contributed by atoms with Crippen LogP contribution in [0.2, 0.25) is 0 Å². The van der Waals surface area contributed by atoms with E-state index in [1.807, 2.05) is 0 Å². The number of amides is 1. The molecule has 14 heavy (non-hydrogen) atoms. The number of hydrogen-bond acceptors (Lipinski definition) is 3. The third-order valence-electron chi connectivity index (χ3n) is 2.53. The number of carbonyl (C=O) groups is 2. The lowest BCUT2D eigenvalue weighted by molar-refractivity contribution is -0.151. The van der Waals surface area contributed by atoms with Gasteiger partial charge < -0.3 is 5.11 Å². The van der Waals surface area contributed by atoms with Crippen LogP contribution in [-0.4, -0.2) is 34.1 Å². The third-order valence-corrected chi connectivity index (χ3v) is 2.53. The van der Waals surface area contributed by atoms with Crippen LogP contribution in [0.1, 0.15) is 19.8 Å². The summed E-state index contributed by atoms with van der Waals surface area (Å²) in [5.41, 5.74) is 1.51. The molecule has 0 radical (unpaired) electrons. The molecule has 0 aliphatic carbocycles. The van der Waals surface area contributed by atoms with Crippen molar-refractivity contribution >= 4 is 11.9 Å². The van der Waals surface area contributed by atoms with Gasteiger partial charge in [0, 0.05) is 6.54 Å². The number of hydrazine groups is 1. The molecule has 0 aromatic heterocycles. The second-order valence-electron chi connectivity index (χ2n) is 3.51. The van der Waals surface area contributed by atoms with Gasteiger partial charge >= 0.3 is 5.97 Å². The Kier molecular flexibility index (Phi) is 2.90. The molecule has 0 bridgehead atoms. The minimum absolute atomic E-state index is 0.376. The van der Waals surface area contributed by atoms with Crippen LogP contribution >= 0.6 is 0 Å². The van der Waals surface area contributed by atoms with Crippen LogP contribution in [0.5, 0.6) is 0 Å². The molecule has 0 aromatic rings. The smallest absolute Gasteiger partial charge is 0.325 e. The molecule has 0 aromatic carbocycles. The van der Waals surface area contributed by atoms with Gasteiger partial charge in [0.1, 0.15) is 5.54 Å². The quantitative estimate of drug-likeness (QED) is 0.633. The van der Waals surface area contributed by atoms with Gasteiger partial charge in [-0.3, -0.25) is 15.0 Å². The molecule has 1 aliphatic rings. The summed E-state index contributed by atoms with van der Waals surface area (Å²) in [5, 5.41) is 10.5. The average Bonchev–Trinajstić information content (AvgIpc) is 2.49. The largest absolute Gasteiger partial charge is 0.480 e. The number of nitrogens with zero attached hydrogens (tertiary/aromatic N) is 1. The van der Waals surface area contributed by atoms with Gasteiger partial charge in [0.05, 0.1) is 0 Å². The summed E-state index contributed by atoms with van der Waals surface area (Å²) in [6.07, 6.45) is 2.43. The van der Waals surface area contributed by atoms with Crippen molar-refractivity contribution in [2.24, 2.45) is 0 Å². The van der Waals surface area contributed by atoms with Crippen LogP contribution < -0.4 is 5.43 Å². The van der Waals surface area contributed by atoms with Crippen LogP contribution in [0, 0.1) is 0 Å². The Morgan fingerprint density at radius 3 is 2.79 bits per heavy atom. The predicted octanol–water partition coefficient (Wildman–Crippen LogP) is 0.143. The first-order chi connectivity index (χ1) is 6.50. The Bertz CT molecular complexity index is 277. The van der Waals surface area contributed by atoms with Gasteiger partial charge in [0.25, 0.3) is 5.91 Å². The number of aliphatic carboxylic acids is 1. The van der Waals surface area contributed by atoms with E-state index in [1.165, 1.54) is 5.01 Å². The summed E-state index contributed by atoms with van der Waals surface area (Å²) in [6, 6.07) is 0. The Balaban J connectivity index is 2.73. The summed E-state index contributed by atoms with van der Waals surface area (Å²) in [6.45, 7) is 5.47. The van der Waals surface area contributed by atoms with Crippen molar-refractivity contribution in [3.05, 3.63) is 12.7 Å². The highest BCUT2D eigenvalue weighted by Gasteiger charge is 2.44. The molecular formula is C9H14N2O3. The van der Waals surface area contributed by atoms with Crippen molar-refractivity contribution in [2.75, 3.05) is 6.54 Å². The van der Waals surface area contributed by atoms with E-state index in [-0.39, 0.29) is 5.91 Å². The standard InChI is InChI=1S/C9H14N2O3/c1-3-7(12)10-11-6-4-5-9(11,2)8(13)14/h3H,1,4-6H2,2H3,(H,10,12)(H,13,14)/t9-/m0/s1. The van der Waals surface area contributed by atoms with E-state index in [4.69, 9.17) is 5.11 Å². The fraction of sp³-hybridized carbons (Fsp3) is 0.556. The molecule has 1 saturated heterocycles. The molecule has 0 saturated carbocycles. The molecule has 1 atom stereocenters. The lowest BCUT2D eigenvalue weighted by Gasteiger charge is -2.30. The molecule has 0 spiro atoms. The zero-order valence-electron chi connectivity index (χ0n) is 8.12. The summed E-state index contributed by atoms with van der Waals surface area (Å²) in [4.78, 5) is 22.0. The second-order valence-corrected chi connectivity index (χ2v) is 3.51. The highest BCUT2D eigenvalue weighted by Crippen LogP contribution is 2.26. The highest BCUT2D eigenvalue weighted by molar-refractivity contribution is 5.87. The van der Waals surface area contributed by atoms with Gasteiger partial charge in [-0.05, 0) is 25.8 Å². The number of rotatable bonds is 3. The van der Waals surface area contributed by atoms with Crippen LogP contribution in [0.25, 0.3) is 0 Å². The Labute approximate surface area is 82.4 Å². The average molecular weight is 198 g/mol. The summed E-state index contributed by atoms with van der Waals surface area (Å²) >= 11 is 0. The van der Waals surface area contributed by atoms with Crippen molar-refractivity contribution in [2.45, 2.75) is 25.3 Å². The Morgan fingerprint density at radius 1 is 1.64 bits per heavy atom. The van der Waals surface area contributed by atoms with E-state index in [0.717, 1.165) is 12.5 Å². The molecule has 2 N–H and O–H groups in total. The molecule has 1 fully saturated rings. The Hall–Kier alpha value is -1.36. The highest BCUT2D eigenvalue weighted by atomic mass is 16.4. The first-order valence-corrected chi connectivity index (χ1v) is 4.45. The van der Waals surface area contributed by atoms with Crippen LogP contribution in [-0.2, 0) is 9.59 Å². The van der Waals surface area contributed by atoms with E-state index < -0.39 is 11.5 Å². The van der Waals surface area contributed by atoms with Crippen molar-refractivity contribution in [3.8, 4) is 0 Å². The van der Waals surface area contributed by atoms with Gasteiger partial charge in [0.15, 0.2) is 0 Å². The molecule has 0 unspecified atom stereocenters. The minimum atomic E-state index is -0.987. The lowest BCUT2D eigenvalue weighted by atomic mass is 10.0. The van der Waals surface area contributed by atoms with E-state index >= 15 is 0 Å². The number of hydrogen-bond donors (Lipinski definition) is 2. The van der Waals surface area contributed by atoms with Crippen molar-refractivity contribution in [1.29, 1.82) is 0 Å². The number of nitrogens with one attached hydrogen (secondary N) is 1. The van der Waals surface area contributed by atoms with Gasteiger partial charge in [-0.25, -0.2) is 5.01 Å². The number of carboxylic acid groups (broad SMARTS) is 1. The van der Waals surface area contributed by atoms with Gasteiger partial charge in [-0.1, -0.05) is 6.58 Å². The van der Waals surface area contributed by atoms with Crippen LogP contribution in [0.4, 0.5) is 0 Å². The third kappa shape index (κ3) is 1.77. The second kappa shape index (κ2) is 3.79. The Morgan fingerprint density at radius 2 is 2.29 bits per heavy atom. The fourth-order valence-corrected chi connectivity index (χ4v) is 1.54. The number of carboxylic acids is 1. The molecular weight excluding hydrogens is 184 g/mol. The molecule has 78 valence electrons. The summed E-state index contributed by atoms with van der Waals surface area (Å²) in [7, 11) is 0. The molecule has 1 amide bonds. The first kappa shape index (κ1) is 10.7. The topological polar surface area (TPSA) is 69.6 Å². The predicted molar refractivity (Wildman–Crippen MR) is 50.3 cm³/mol. The lowest BCUT2D eigenvalue weighted by Crippen LogP contribution is -2.55. The first-order valence-electron chi connectivity index (χ1n) is 4.45. The summed E-state index contributed by atoms with van der Waals surface area (Å²) in [5.74, 6) is -1.29. The summed E-state index contributed by atoms with van der Waals surface area (Å²) < 4.78 is 0. The van der Waals surface area contributed by atoms with E-state index in [1.54, 1.807) is 6.92 Å². The van der Waals surface area contributed by atoms with Crippen LogP contribution in [0.3, 0.4) is 0 Å². The van der Waals surface area contributed by atoms with E-state index in [2.05, 4.69) is 12.0 Å². The van der Waals surface area contributed by atoms with Gasteiger partial charge in [-0.15, -0.1) is 0 Å². The van der Waals surface area contributed by atoms with E-state index in [9.17, 15) is 9.59 Å². The molecule has 5 heteroatoms. The van der Waals surface area contributed by atoms with Crippen molar-refractivity contribution in [3.63, 3.8) is 0 Å². The number of carbonyl (C=O) groups excluding carboxylic acids is 1. The van der Waals surface area contributed by atoms with Gasteiger partial charge in [-0.2, -0.15) is 0 Å². The zero-order valence-corrected chi connectivity index (χ0v) is 8.12. The minimum Gasteiger partial charge on any atom is -0.480 e. The molecule has 1 aliphatic heterocycles. The molecule has 5 nitrogen and oxygen atoms in total. The van der Waals surface area contributed by atoms with Crippen molar-refractivity contribution in [1.82, 2.24) is 10.4 Å².